The topological polar surface area (TPSA) is 63.0 Å². The lowest BCUT2D eigenvalue weighted by Gasteiger charge is -2.48. The van der Waals surface area contributed by atoms with Gasteiger partial charge in [0.2, 0.25) is 0 Å². The predicted molar refractivity (Wildman–Crippen MR) is 112 cm³/mol. The minimum Gasteiger partial charge on any atom is -0.356 e. The Morgan fingerprint density at radius 3 is 2.42 bits per heavy atom. The Balaban J connectivity index is 1.32. The Bertz CT molecular complexity index is 1200. The lowest BCUT2D eigenvalue weighted by atomic mass is 9.79. The van der Waals surface area contributed by atoms with Gasteiger partial charge in [0.1, 0.15) is 29.7 Å². The highest BCUT2D eigenvalue weighted by Crippen LogP contribution is 2.43. The van der Waals surface area contributed by atoms with Crippen molar-refractivity contribution in [2.24, 2.45) is 5.41 Å². The fourth-order valence-corrected chi connectivity index (χ4v) is 4.81. The van der Waals surface area contributed by atoms with E-state index in [2.05, 4.69) is 25.0 Å². The van der Waals surface area contributed by atoms with Crippen LogP contribution < -0.4 is 9.80 Å². The molecule has 1 spiro atoms. The minimum absolute atomic E-state index is 0.0764. The molecule has 12 heteroatoms. The zero-order valence-electron chi connectivity index (χ0n) is 18.1. The maximum Gasteiger partial charge on any atom is 0.433 e. The molecule has 2 aliphatic rings. The molecule has 3 aromatic rings. The number of alkyl halides is 5. The zero-order chi connectivity index (χ0) is 23.5. The van der Waals surface area contributed by atoms with Crippen molar-refractivity contribution < 1.29 is 22.0 Å². The molecule has 3 aromatic heterocycles. The number of aryl methyl sites for hydroxylation is 2. The van der Waals surface area contributed by atoms with E-state index in [4.69, 9.17) is 0 Å². The summed E-state index contributed by atoms with van der Waals surface area (Å²) in [6.45, 7) is 5.28. The summed E-state index contributed by atoms with van der Waals surface area (Å²) in [7, 11) is 0. The van der Waals surface area contributed by atoms with Crippen molar-refractivity contribution in [2.45, 2.75) is 39.4 Å². The van der Waals surface area contributed by atoms with E-state index in [0.29, 0.717) is 36.8 Å². The van der Waals surface area contributed by atoms with E-state index in [-0.39, 0.29) is 17.1 Å². The summed E-state index contributed by atoms with van der Waals surface area (Å²) in [5.41, 5.74) is 0.0629. The van der Waals surface area contributed by atoms with Gasteiger partial charge in [-0.1, -0.05) is 0 Å². The fourth-order valence-electron chi connectivity index (χ4n) is 4.81. The van der Waals surface area contributed by atoms with Gasteiger partial charge in [-0.05, 0) is 32.4 Å². The smallest absolute Gasteiger partial charge is 0.356 e. The first kappa shape index (κ1) is 21.8. The van der Waals surface area contributed by atoms with Crippen molar-refractivity contribution in [3.63, 3.8) is 0 Å². The molecule has 0 aliphatic carbocycles. The highest BCUT2D eigenvalue weighted by Gasteiger charge is 2.49. The van der Waals surface area contributed by atoms with Gasteiger partial charge >= 0.3 is 6.18 Å². The second-order valence-electron chi connectivity index (χ2n) is 8.88. The second-order valence-corrected chi connectivity index (χ2v) is 8.88. The SMILES string of the molecule is Cc1nc(N2CC3(CCN(c4ccc5c(C)nn(CC(F)F)c5n4)C3)C2)cc(C(F)(F)F)n1. The van der Waals surface area contributed by atoms with Gasteiger partial charge in [-0.2, -0.15) is 18.3 Å². The Labute approximate surface area is 186 Å². The van der Waals surface area contributed by atoms with Crippen LogP contribution in [0.5, 0.6) is 0 Å². The van der Waals surface area contributed by atoms with Gasteiger partial charge in [0.05, 0.1) is 5.69 Å². The number of fused-ring (bicyclic) bond motifs is 1. The van der Waals surface area contributed by atoms with Gasteiger partial charge in [-0.3, -0.25) is 0 Å². The molecular weight excluding hydrogens is 445 g/mol. The van der Waals surface area contributed by atoms with E-state index in [1.54, 1.807) is 6.92 Å². The average molecular weight is 467 g/mol. The van der Waals surface area contributed by atoms with Crippen LogP contribution in [0.15, 0.2) is 18.2 Å². The van der Waals surface area contributed by atoms with E-state index in [9.17, 15) is 22.0 Å². The van der Waals surface area contributed by atoms with Crippen LogP contribution in [0.4, 0.5) is 33.6 Å². The van der Waals surface area contributed by atoms with E-state index in [1.165, 1.54) is 11.6 Å². The second kappa shape index (κ2) is 7.49. The van der Waals surface area contributed by atoms with Crippen LogP contribution in [-0.2, 0) is 12.7 Å². The third kappa shape index (κ3) is 3.95. The molecule has 0 aromatic carbocycles. The van der Waals surface area contributed by atoms with Crippen LogP contribution in [0.2, 0.25) is 0 Å². The fraction of sp³-hybridized carbons (Fsp3) is 0.524. The Morgan fingerprint density at radius 2 is 1.73 bits per heavy atom. The van der Waals surface area contributed by atoms with Crippen LogP contribution in [0, 0.1) is 19.3 Å². The van der Waals surface area contributed by atoms with Crippen molar-refractivity contribution in [1.82, 2.24) is 24.7 Å². The number of hydrogen-bond acceptors (Lipinski definition) is 6. The van der Waals surface area contributed by atoms with E-state index < -0.39 is 24.8 Å². The normalized spacial score (nSPS) is 18.1. The Morgan fingerprint density at radius 1 is 1.00 bits per heavy atom. The zero-order valence-corrected chi connectivity index (χ0v) is 18.1. The summed E-state index contributed by atoms with van der Waals surface area (Å²) in [4.78, 5) is 16.2. The van der Waals surface area contributed by atoms with Crippen LogP contribution >= 0.6 is 0 Å². The molecule has 0 bridgehead atoms. The monoisotopic (exact) mass is 467 g/mol. The predicted octanol–water partition coefficient (Wildman–Crippen LogP) is 3.84. The molecule has 2 saturated heterocycles. The number of pyridine rings is 1. The van der Waals surface area contributed by atoms with Crippen molar-refractivity contribution in [1.29, 1.82) is 0 Å². The summed E-state index contributed by atoms with van der Waals surface area (Å²) in [5.74, 6) is 1.05. The lowest BCUT2D eigenvalue weighted by Crippen LogP contribution is -2.58. The Hall–Kier alpha value is -3.05. The molecule has 0 N–H and O–H groups in total. The summed E-state index contributed by atoms with van der Waals surface area (Å²) in [6, 6.07) is 4.71. The molecule has 2 aliphatic heterocycles. The van der Waals surface area contributed by atoms with E-state index >= 15 is 0 Å². The third-order valence-corrected chi connectivity index (χ3v) is 6.33. The number of rotatable bonds is 4. The maximum atomic E-state index is 13.1. The highest BCUT2D eigenvalue weighted by atomic mass is 19.4. The first-order chi connectivity index (χ1) is 15.5. The van der Waals surface area contributed by atoms with Gasteiger partial charge in [0.15, 0.2) is 5.65 Å². The maximum absolute atomic E-state index is 13.1. The van der Waals surface area contributed by atoms with Crippen LogP contribution in [0.1, 0.15) is 23.6 Å². The summed E-state index contributed by atoms with van der Waals surface area (Å²) in [6.07, 6.45) is -6.19. The quantitative estimate of drug-likeness (QED) is 0.544. The Kier molecular flexibility index (Phi) is 4.94. The standard InChI is InChI=1S/C21H22F5N7/c1-12-14-3-4-17(29-19(14)33(30-12)8-16(22)23)31-6-5-20(9-31)10-32(11-20)18-7-15(21(24,25)26)27-13(2)28-18/h3-4,7,16H,5-6,8-11H2,1-2H3. The third-order valence-electron chi connectivity index (χ3n) is 6.33. The van der Waals surface area contributed by atoms with Crippen molar-refractivity contribution in [2.75, 3.05) is 36.0 Å². The first-order valence-electron chi connectivity index (χ1n) is 10.6. The van der Waals surface area contributed by atoms with Gasteiger partial charge in [-0.25, -0.2) is 28.4 Å². The number of hydrogen-bond donors (Lipinski definition) is 0. The molecule has 0 unspecified atom stereocenters. The molecule has 33 heavy (non-hydrogen) atoms. The first-order valence-corrected chi connectivity index (χ1v) is 10.6. The summed E-state index contributed by atoms with van der Waals surface area (Å²) in [5, 5.41) is 4.92. The number of halogens is 5. The molecule has 0 atom stereocenters. The van der Waals surface area contributed by atoms with Gasteiger partial charge in [-0.15, -0.1) is 0 Å². The van der Waals surface area contributed by atoms with Crippen LogP contribution in [-0.4, -0.2) is 57.3 Å². The molecule has 5 heterocycles. The molecule has 0 amide bonds. The molecule has 7 nitrogen and oxygen atoms in total. The van der Waals surface area contributed by atoms with Gasteiger partial charge in [0.25, 0.3) is 6.43 Å². The van der Waals surface area contributed by atoms with Crippen LogP contribution in [0.25, 0.3) is 11.0 Å². The lowest BCUT2D eigenvalue weighted by molar-refractivity contribution is -0.141. The summed E-state index contributed by atoms with van der Waals surface area (Å²) >= 11 is 0. The molecule has 2 fully saturated rings. The molecule has 0 saturated carbocycles. The summed E-state index contributed by atoms with van der Waals surface area (Å²) < 4.78 is 66.4. The van der Waals surface area contributed by atoms with Gasteiger partial charge < -0.3 is 9.80 Å². The minimum atomic E-state index is -4.52. The van der Waals surface area contributed by atoms with Crippen molar-refractivity contribution in [3.8, 4) is 0 Å². The number of nitrogens with zero attached hydrogens (tertiary/aromatic N) is 7. The highest BCUT2D eigenvalue weighted by molar-refractivity contribution is 5.80. The van der Waals surface area contributed by atoms with E-state index in [0.717, 1.165) is 24.4 Å². The largest absolute Gasteiger partial charge is 0.433 e. The molecule has 5 rings (SSSR count). The molecule has 0 radical (unpaired) electrons. The number of anilines is 2. The number of aromatic nitrogens is 5. The molecular formula is C21H22F5N7. The van der Waals surface area contributed by atoms with Crippen molar-refractivity contribution >= 4 is 22.7 Å². The average Bonchev–Trinajstić information content (AvgIpc) is 3.28. The molecule has 176 valence electrons. The van der Waals surface area contributed by atoms with Gasteiger partial charge in [0, 0.05) is 43.0 Å². The van der Waals surface area contributed by atoms with Crippen LogP contribution in [0.3, 0.4) is 0 Å². The van der Waals surface area contributed by atoms with E-state index in [1.807, 2.05) is 17.0 Å². The van der Waals surface area contributed by atoms with Crippen molar-refractivity contribution in [3.05, 3.63) is 35.4 Å².